The molecule has 0 aromatic heterocycles. The molecule has 0 aliphatic carbocycles. The molecule has 1 fully saturated rings. The fraction of sp³-hybridized carbons (Fsp3) is 0.389. The van der Waals surface area contributed by atoms with Gasteiger partial charge in [-0.2, -0.15) is 0 Å². The van der Waals surface area contributed by atoms with Gasteiger partial charge in [-0.05, 0) is 59.6 Å². The molecule has 222 valence electrons. The van der Waals surface area contributed by atoms with Gasteiger partial charge in [-0.25, -0.2) is 9.59 Å². The highest BCUT2D eigenvalue weighted by Crippen LogP contribution is 2.34. The first-order valence-corrected chi connectivity index (χ1v) is 14.7. The smallest absolute Gasteiger partial charge is 0.338 e. The molecule has 1 heterocycles. The summed E-state index contributed by atoms with van der Waals surface area (Å²) < 4.78 is 23.5. The van der Waals surface area contributed by atoms with Crippen LogP contribution in [0.15, 0.2) is 96.6 Å². The van der Waals surface area contributed by atoms with Crippen molar-refractivity contribution >= 4 is 11.9 Å². The van der Waals surface area contributed by atoms with Gasteiger partial charge < -0.3 is 18.9 Å². The number of carbonyl (C=O) groups is 2. The van der Waals surface area contributed by atoms with Crippen molar-refractivity contribution < 1.29 is 28.5 Å². The lowest BCUT2D eigenvalue weighted by Gasteiger charge is -2.26. The average Bonchev–Trinajstić information content (AvgIpc) is 3.31. The number of hydrogen-bond acceptors (Lipinski definition) is 6. The molecule has 0 spiro atoms. The lowest BCUT2D eigenvalue weighted by molar-refractivity contribution is -0.157. The molecular formula is C36H42O6. The van der Waals surface area contributed by atoms with E-state index in [0.29, 0.717) is 54.3 Å². The van der Waals surface area contributed by atoms with E-state index >= 15 is 0 Å². The van der Waals surface area contributed by atoms with Crippen LogP contribution in [-0.4, -0.2) is 30.8 Å². The van der Waals surface area contributed by atoms with Crippen molar-refractivity contribution in [3.63, 3.8) is 0 Å². The Balaban J connectivity index is 1.40. The Morgan fingerprint density at radius 1 is 0.833 bits per heavy atom. The van der Waals surface area contributed by atoms with Crippen LogP contribution in [-0.2, 0) is 32.2 Å². The Labute approximate surface area is 249 Å². The summed E-state index contributed by atoms with van der Waals surface area (Å²) in [5.41, 5.74) is 1.98. The van der Waals surface area contributed by atoms with Crippen LogP contribution >= 0.6 is 0 Å². The Morgan fingerprint density at radius 3 is 2.02 bits per heavy atom. The Morgan fingerprint density at radius 2 is 1.43 bits per heavy atom. The molecule has 0 saturated carbocycles. The van der Waals surface area contributed by atoms with Crippen LogP contribution in [0.25, 0.3) is 0 Å². The van der Waals surface area contributed by atoms with Crippen molar-refractivity contribution in [2.75, 3.05) is 13.2 Å². The number of benzene rings is 3. The summed E-state index contributed by atoms with van der Waals surface area (Å²) in [6, 6.07) is 26.5. The predicted octanol–water partition coefficient (Wildman–Crippen LogP) is 7.57. The molecular weight excluding hydrogens is 528 g/mol. The zero-order valence-corrected chi connectivity index (χ0v) is 25.1. The van der Waals surface area contributed by atoms with Gasteiger partial charge in [-0.3, -0.25) is 0 Å². The zero-order valence-electron chi connectivity index (χ0n) is 25.1. The molecule has 4 rings (SSSR count). The van der Waals surface area contributed by atoms with E-state index < -0.39 is 11.6 Å². The SMILES string of the molecule is CC(C)C(C/C=C1\CC(COCc2ccccc2)(COC(=O)c2ccc(OCc3ccccc3)cc2)OC1=O)C(C)C. The zero-order chi connectivity index (χ0) is 30.0. The second kappa shape index (κ2) is 14.8. The van der Waals surface area contributed by atoms with Crippen LogP contribution in [0.1, 0.15) is 62.0 Å². The van der Waals surface area contributed by atoms with Crippen LogP contribution < -0.4 is 4.74 Å². The number of hydrogen-bond donors (Lipinski definition) is 0. The molecule has 1 unspecified atom stereocenters. The molecule has 1 saturated heterocycles. The van der Waals surface area contributed by atoms with Crippen molar-refractivity contribution in [2.24, 2.45) is 17.8 Å². The van der Waals surface area contributed by atoms with Gasteiger partial charge in [0.25, 0.3) is 0 Å². The molecule has 6 heteroatoms. The third-order valence-corrected chi connectivity index (χ3v) is 7.71. The van der Waals surface area contributed by atoms with Crippen molar-refractivity contribution in [1.29, 1.82) is 0 Å². The van der Waals surface area contributed by atoms with Gasteiger partial charge >= 0.3 is 11.9 Å². The lowest BCUT2D eigenvalue weighted by Crippen LogP contribution is -2.40. The minimum atomic E-state index is -1.09. The lowest BCUT2D eigenvalue weighted by atomic mass is 9.82. The molecule has 0 amide bonds. The molecule has 1 atom stereocenters. The van der Waals surface area contributed by atoms with Gasteiger partial charge in [0.2, 0.25) is 0 Å². The average molecular weight is 571 g/mol. The number of carbonyl (C=O) groups excluding carboxylic acids is 2. The van der Waals surface area contributed by atoms with E-state index in [2.05, 4.69) is 27.7 Å². The van der Waals surface area contributed by atoms with Crippen molar-refractivity contribution in [3.8, 4) is 5.75 Å². The first-order valence-electron chi connectivity index (χ1n) is 14.7. The van der Waals surface area contributed by atoms with E-state index in [4.69, 9.17) is 18.9 Å². The third kappa shape index (κ3) is 8.80. The number of cyclic esters (lactones) is 1. The molecule has 1 aliphatic rings. The van der Waals surface area contributed by atoms with E-state index in [-0.39, 0.29) is 19.2 Å². The second-order valence-corrected chi connectivity index (χ2v) is 11.7. The predicted molar refractivity (Wildman–Crippen MR) is 163 cm³/mol. The topological polar surface area (TPSA) is 71.1 Å². The molecule has 42 heavy (non-hydrogen) atoms. The Hall–Kier alpha value is -3.90. The summed E-state index contributed by atoms with van der Waals surface area (Å²) in [5, 5.41) is 0. The van der Waals surface area contributed by atoms with Crippen LogP contribution in [0.4, 0.5) is 0 Å². The van der Waals surface area contributed by atoms with Gasteiger partial charge in [-0.1, -0.05) is 94.4 Å². The van der Waals surface area contributed by atoms with Gasteiger partial charge in [0.05, 0.1) is 18.8 Å². The first-order chi connectivity index (χ1) is 20.2. The summed E-state index contributed by atoms with van der Waals surface area (Å²) in [6.07, 6.45) is 3.12. The van der Waals surface area contributed by atoms with Gasteiger partial charge in [-0.15, -0.1) is 0 Å². The molecule has 0 N–H and O–H groups in total. The molecule has 0 bridgehead atoms. The highest BCUT2D eigenvalue weighted by molar-refractivity contribution is 5.92. The number of allylic oxidation sites excluding steroid dienone is 1. The molecule has 3 aromatic rings. The highest BCUT2D eigenvalue weighted by atomic mass is 16.6. The minimum Gasteiger partial charge on any atom is -0.489 e. The van der Waals surface area contributed by atoms with Crippen molar-refractivity contribution in [1.82, 2.24) is 0 Å². The Kier molecular flexibility index (Phi) is 11.0. The number of esters is 2. The quantitative estimate of drug-likeness (QED) is 0.147. The summed E-state index contributed by atoms with van der Waals surface area (Å²) in [6.45, 7) is 9.64. The molecule has 3 aromatic carbocycles. The van der Waals surface area contributed by atoms with Gasteiger partial charge in [0.1, 0.15) is 19.0 Å². The number of rotatable bonds is 14. The van der Waals surface area contributed by atoms with Crippen molar-refractivity contribution in [2.45, 2.75) is 59.4 Å². The van der Waals surface area contributed by atoms with E-state index in [1.54, 1.807) is 24.3 Å². The van der Waals surface area contributed by atoms with E-state index in [1.165, 1.54) is 0 Å². The van der Waals surface area contributed by atoms with E-state index in [0.717, 1.165) is 17.5 Å². The molecule has 0 radical (unpaired) electrons. The van der Waals surface area contributed by atoms with Crippen molar-refractivity contribution in [3.05, 3.63) is 113 Å². The maximum Gasteiger partial charge on any atom is 0.338 e. The first kappa shape index (κ1) is 31.0. The van der Waals surface area contributed by atoms with Crippen LogP contribution in [0.5, 0.6) is 5.75 Å². The van der Waals surface area contributed by atoms with Gasteiger partial charge in [0, 0.05) is 12.0 Å². The monoisotopic (exact) mass is 570 g/mol. The van der Waals surface area contributed by atoms with Crippen LogP contribution in [0.2, 0.25) is 0 Å². The fourth-order valence-electron chi connectivity index (χ4n) is 5.31. The maximum atomic E-state index is 13.0. The number of ether oxygens (including phenoxy) is 4. The maximum absolute atomic E-state index is 13.0. The van der Waals surface area contributed by atoms with E-state index in [1.807, 2.05) is 66.7 Å². The third-order valence-electron chi connectivity index (χ3n) is 7.71. The largest absolute Gasteiger partial charge is 0.489 e. The summed E-state index contributed by atoms with van der Waals surface area (Å²) >= 11 is 0. The Bertz CT molecular complexity index is 1310. The normalized spacial score (nSPS) is 17.7. The molecule has 6 nitrogen and oxygen atoms in total. The summed E-state index contributed by atoms with van der Waals surface area (Å²) in [7, 11) is 0. The fourth-order valence-corrected chi connectivity index (χ4v) is 5.31. The van der Waals surface area contributed by atoms with Gasteiger partial charge in [0.15, 0.2) is 5.60 Å². The second-order valence-electron chi connectivity index (χ2n) is 11.7. The highest BCUT2D eigenvalue weighted by Gasteiger charge is 2.45. The van der Waals surface area contributed by atoms with Crippen LogP contribution in [0.3, 0.4) is 0 Å². The van der Waals surface area contributed by atoms with E-state index in [9.17, 15) is 9.59 Å². The summed E-state index contributed by atoms with van der Waals surface area (Å²) in [4.78, 5) is 26.0. The standard InChI is InChI=1S/C36H42O6/c1-26(2)33(27(3)4)20-17-31-21-36(42-35(31)38,24-39-22-28-11-7-5-8-12-28)25-41-34(37)30-15-18-32(19-16-30)40-23-29-13-9-6-10-14-29/h5-19,26-27,33H,20-25H2,1-4H3/b31-17+. The summed E-state index contributed by atoms with van der Waals surface area (Å²) in [5.74, 6) is 1.22. The minimum absolute atomic E-state index is 0.103. The van der Waals surface area contributed by atoms with Crippen LogP contribution in [0, 0.1) is 17.8 Å². The molecule has 1 aliphatic heterocycles.